The Bertz CT molecular complexity index is 789. The van der Waals surface area contributed by atoms with Gasteiger partial charge in [-0.1, -0.05) is 13.8 Å². The second-order valence-corrected chi connectivity index (χ2v) is 8.98. The average molecular weight is 400 g/mol. The first-order valence-electron chi connectivity index (χ1n) is 10.3. The summed E-state index contributed by atoms with van der Waals surface area (Å²) < 4.78 is 0. The van der Waals surface area contributed by atoms with Gasteiger partial charge in [0.2, 0.25) is 0 Å². The number of hydrogen-bond donors (Lipinski definition) is 0. The third-order valence-electron chi connectivity index (χ3n) is 5.43. The van der Waals surface area contributed by atoms with Crippen LogP contribution in [0.4, 0.5) is 5.82 Å². The average Bonchev–Trinajstić information content (AvgIpc) is 3.40. The van der Waals surface area contributed by atoms with Crippen LogP contribution in [0.3, 0.4) is 0 Å². The molecule has 2 aliphatic heterocycles. The highest BCUT2D eigenvalue weighted by Gasteiger charge is 2.24. The van der Waals surface area contributed by atoms with Gasteiger partial charge in [-0.2, -0.15) is 0 Å². The lowest BCUT2D eigenvalue weighted by Crippen LogP contribution is -2.49. The Hall–Kier alpha value is -1.99. The molecule has 6 nitrogen and oxygen atoms in total. The number of carbonyl (C=O) groups is 1. The maximum absolute atomic E-state index is 12.8. The molecule has 4 heterocycles. The normalized spacial score (nSPS) is 18.2. The number of hydrogen-bond acceptors (Lipinski definition) is 6. The van der Waals surface area contributed by atoms with Crippen molar-refractivity contribution in [2.24, 2.45) is 5.92 Å². The van der Waals surface area contributed by atoms with Gasteiger partial charge in [0.1, 0.15) is 16.5 Å². The van der Waals surface area contributed by atoms with Crippen molar-refractivity contribution in [1.82, 2.24) is 19.8 Å². The summed E-state index contributed by atoms with van der Waals surface area (Å²) in [6.07, 6.45) is 4.37. The van der Waals surface area contributed by atoms with E-state index in [4.69, 9.17) is 0 Å². The lowest BCUT2D eigenvalue weighted by atomic mass is 10.2. The Labute approximate surface area is 171 Å². The number of thiazole rings is 1. The molecule has 0 spiro atoms. The summed E-state index contributed by atoms with van der Waals surface area (Å²) in [7, 11) is 0. The Morgan fingerprint density at radius 1 is 1.11 bits per heavy atom. The number of carbonyl (C=O) groups excluding carboxylic acids is 1. The fourth-order valence-electron chi connectivity index (χ4n) is 3.96. The van der Waals surface area contributed by atoms with Crippen molar-refractivity contribution < 1.29 is 4.79 Å². The molecule has 0 aliphatic carbocycles. The van der Waals surface area contributed by atoms with Crippen LogP contribution in [0.5, 0.6) is 0 Å². The standard InChI is InChI=1S/C21H29N5OS/c1-16(2)14-24-9-11-26(12-10-24)21(27)18-15-28-20(23-18)17-5-6-19(22-13-17)25-7-3-4-8-25/h5-6,13,15-16H,3-4,7-12,14H2,1-2H3. The minimum absolute atomic E-state index is 0.0494. The van der Waals surface area contributed by atoms with Gasteiger partial charge in [0, 0.05) is 63.0 Å². The molecule has 2 aliphatic rings. The van der Waals surface area contributed by atoms with Gasteiger partial charge in [0.25, 0.3) is 5.91 Å². The van der Waals surface area contributed by atoms with Crippen molar-refractivity contribution in [3.63, 3.8) is 0 Å². The molecule has 0 bridgehead atoms. The molecule has 1 amide bonds. The molecule has 4 rings (SSSR count). The summed E-state index contributed by atoms with van der Waals surface area (Å²) in [6.45, 7) is 11.2. The molecule has 2 fully saturated rings. The second kappa shape index (κ2) is 8.57. The van der Waals surface area contributed by atoms with E-state index in [2.05, 4.69) is 45.7 Å². The highest BCUT2D eigenvalue weighted by Crippen LogP contribution is 2.26. The van der Waals surface area contributed by atoms with E-state index in [1.165, 1.54) is 24.2 Å². The largest absolute Gasteiger partial charge is 0.357 e. The van der Waals surface area contributed by atoms with E-state index in [0.717, 1.165) is 62.2 Å². The van der Waals surface area contributed by atoms with Crippen LogP contribution < -0.4 is 4.90 Å². The van der Waals surface area contributed by atoms with Gasteiger partial charge in [-0.15, -0.1) is 11.3 Å². The summed E-state index contributed by atoms with van der Waals surface area (Å²) in [4.78, 5) is 28.7. The third-order valence-corrected chi connectivity index (χ3v) is 6.32. The van der Waals surface area contributed by atoms with Crippen LogP contribution >= 0.6 is 11.3 Å². The lowest BCUT2D eigenvalue weighted by molar-refractivity contribution is 0.0619. The number of aromatic nitrogens is 2. The summed E-state index contributed by atoms with van der Waals surface area (Å²) >= 11 is 1.52. The van der Waals surface area contributed by atoms with E-state index in [1.54, 1.807) is 0 Å². The Morgan fingerprint density at radius 3 is 2.50 bits per heavy atom. The van der Waals surface area contributed by atoms with E-state index < -0.39 is 0 Å². The van der Waals surface area contributed by atoms with Crippen LogP contribution in [-0.4, -0.2) is 71.5 Å². The zero-order valence-corrected chi connectivity index (χ0v) is 17.6. The molecule has 2 aromatic rings. The summed E-state index contributed by atoms with van der Waals surface area (Å²) in [5.41, 5.74) is 1.54. The van der Waals surface area contributed by atoms with Crippen LogP contribution in [0, 0.1) is 5.92 Å². The lowest BCUT2D eigenvalue weighted by Gasteiger charge is -2.35. The van der Waals surface area contributed by atoms with Crippen molar-refractivity contribution in [1.29, 1.82) is 0 Å². The first-order chi connectivity index (χ1) is 13.6. The van der Waals surface area contributed by atoms with Gasteiger partial charge >= 0.3 is 0 Å². The van der Waals surface area contributed by atoms with Crippen molar-refractivity contribution in [3.05, 3.63) is 29.4 Å². The predicted octanol–water partition coefficient (Wildman–Crippen LogP) is 3.22. The summed E-state index contributed by atoms with van der Waals surface area (Å²) in [6, 6.07) is 4.13. The molecular formula is C21H29N5OS. The first kappa shape index (κ1) is 19.3. The zero-order valence-electron chi connectivity index (χ0n) is 16.8. The Morgan fingerprint density at radius 2 is 1.86 bits per heavy atom. The van der Waals surface area contributed by atoms with E-state index in [0.29, 0.717) is 11.6 Å². The number of anilines is 1. The summed E-state index contributed by atoms with van der Waals surface area (Å²) in [5.74, 6) is 1.75. The molecular weight excluding hydrogens is 370 g/mol. The SMILES string of the molecule is CC(C)CN1CCN(C(=O)c2csc(-c3ccc(N4CCCC4)nc3)n2)CC1. The quantitative estimate of drug-likeness (QED) is 0.773. The minimum atomic E-state index is 0.0494. The van der Waals surface area contributed by atoms with E-state index >= 15 is 0 Å². The predicted molar refractivity (Wildman–Crippen MR) is 114 cm³/mol. The number of piperazine rings is 1. The molecule has 0 unspecified atom stereocenters. The molecule has 0 saturated carbocycles. The molecule has 2 saturated heterocycles. The molecule has 150 valence electrons. The second-order valence-electron chi connectivity index (χ2n) is 8.12. The van der Waals surface area contributed by atoms with Crippen molar-refractivity contribution in [2.75, 3.05) is 50.7 Å². The monoisotopic (exact) mass is 399 g/mol. The molecule has 0 atom stereocenters. The fraction of sp³-hybridized carbons (Fsp3) is 0.571. The smallest absolute Gasteiger partial charge is 0.273 e. The molecule has 28 heavy (non-hydrogen) atoms. The van der Waals surface area contributed by atoms with Crippen LogP contribution in [0.1, 0.15) is 37.2 Å². The van der Waals surface area contributed by atoms with E-state index in [1.807, 2.05) is 16.5 Å². The number of amides is 1. The van der Waals surface area contributed by atoms with Crippen LogP contribution in [-0.2, 0) is 0 Å². The summed E-state index contributed by atoms with van der Waals surface area (Å²) in [5, 5.41) is 2.74. The molecule has 0 radical (unpaired) electrons. The number of rotatable bonds is 5. The third kappa shape index (κ3) is 4.36. The Kier molecular flexibility index (Phi) is 5.92. The first-order valence-corrected chi connectivity index (χ1v) is 11.2. The van der Waals surface area contributed by atoms with Crippen LogP contribution in [0.25, 0.3) is 10.6 Å². The highest BCUT2D eigenvalue weighted by molar-refractivity contribution is 7.13. The van der Waals surface area contributed by atoms with E-state index in [-0.39, 0.29) is 5.91 Å². The van der Waals surface area contributed by atoms with Crippen molar-refractivity contribution in [2.45, 2.75) is 26.7 Å². The van der Waals surface area contributed by atoms with Gasteiger partial charge in [-0.05, 0) is 30.9 Å². The van der Waals surface area contributed by atoms with Gasteiger partial charge in [0.05, 0.1) is 0 Å². The van der Waals surface area contributed by atoms with Crippen LogP contribution in [0.15, 0.2) is 23.7 Å². The van der Waals surface area contributed by atoms with Crippen molar-refractivity contribution >= 4 is 23.1 Å². The van der Waals surface area contributed by atoms with Crippen LogP contribution in [0.2, 0.25) is 0 Å². The topological polar surface area (TPSA) is 52.6 Å². The zero-order chi connectivity index (χ0) is 19.5. The van der Waals surface area contributed by atoms with Gasteiger partial charge in [-0.25, -0.2) is 9.97 Å². The molecule has 0 N–H and O–H groups in total. The molecule has 0 aromatic carbocycles. The van der Waals surface area contributed by atoms with Gasteiger partial charge < -0.3 is 9.80 Å². The van der Waals surface area contributed by atoms with E-state index in [9.17, 15) is 4.79 Å². The fourth-order valence-corrected chi connectivity index (χ4v) is 4.75. The number of nitrogens with zero attached hydrogens (tertiary/aromatic N) is 5. The minimum Gasteiger partial charge on any atom is -0.357 e. The maximum Gasteiger partial charge on any atom is 0.273 e. The van der Waals surface area contributed by atoms with Gasteiger partial charge in [-0.3, -0.25) is 9.69 Å². The molecule has 7 heteroatoms. The molecule has 2 aromatic heterocycles. The highest BCUT2D eigenvalue weighted by atomic mass is 32.1. The van der Waals surface area contributed by atoms with Crippen molar-refractivity contribution in [3.8, 4) is 10.6 Å². The van der Waals surface area contributed by atoms with Gasteiger partial charge in [0.15, 0.2) is 0 Å². The number of pyridine rings is 1. The Balaban J connectivity index is 1.38. The maximum atomic E-state index is 12.8.